The minimum atomic E-state index is -0.499. The van der Waals surface area contributed by atoms with Crippen LogP contribution in [0.1, 0.15) is 38.2 Å². The van der Waals surface area contributed by atoms with Crippen molar-refractivity contribution in [1.29, 1.82) is 0 Å². The van der Waals surface area contributed by atoms with E-state index in [9.17, 15) is 4.79 Å². The number of ether oxygens (including phenoxy) is 1. The maximum Gasteiger partial charge on any atom is 0.212 e. The van der Waals surface area contributed by atoms with Crippen LogP contribution in [0.5, 0.6) is 0 Å². The lowest BCUT2D eigenvalue weighted by atomic mass is 9.85. The second-order valence-corrected chi connectivity index (χ2v) is 5.67. The highest BCUT2D eigenvalue weighted by Gasteiger charge is 2.35. The summed E-state index contributed by atoms with van der Waals surface area (Å²) in [5.74, 6) is -0.0984. The molecule has 17 heavy (non-hydrogen) atoms. The average Bonchev–Trinajstić information content (AvgIpc) is 2.52. The van der Waals surface area contributed by atoms with Gasteiger partial charge in [0, 0.05) is 13.7 Å². The van der Waals surface area contributed by atoms with Crippen molar-refractivity contribution in [3.05, 3.63) is 10.3 Å². The second-order valence-electron chi connectivity index (χ2n) is 4.92. The summed E-state index contributed by atoms with van der Waals surface area (Å²) < 4.78 is 7.48. The van der Waals surface area contributed by atoms with E-state index in [-0.39, 0.29) is 11.2 Å². The molecular weight excluding hydrogens is 286 g/mol. The average molecular weight is 304 g/mol. The molecule has 0 saturated carbocycles. The van der Waals surface area contributed by atoms with Gasteiger partial charge in [0.05, 0.1) is 0 Å². The van der Waals surface area contributed by atoms with Crippen LogP contribution in [0.4, 0.5) is 0 Å². The zero-order chi connectivity index (χ0) is 13.2. The molecule has 0 aliphatic carbocycles. The first kappa shape index (κ1) is 14.3. The second kappa shape index (κ2) is 5.27. The van der Waals surface area contributed by atoms with E-state index in [0.717, 1.165) is 0 Å². The SMILES string of the molecule is CCOC(C(=O)c1c(Br)nnn1C)C(C)(C)C. The van der Waals surface area contributed by atoms with Gasteiger partial charge in [-0.2, -0.15) is 0 Å². The fourth-order valence-electron chi connectivity index (χ4n) is 1.60. The number of carbonyl (C=O) groups is 1. The Kier molecular flexibility index (Phi) is 4.43. The number of carbonyl (C=O) groups excluding carboxylic acids is 1. The van der Waals surface area contributed by atoms with Crippen molar-refractivity contribution in [2.75, 3.05) is 6.61 Å². The van der Waals surface area contributed by atoms with Gasteiger partial charge in [0.1, 0.15) is 11.8 Å². The summed E-state index contributed by atoms with van der Waals surface area (Å²) in [5.41, 5.74) is 0.176. The van der Waals surface area contributed by atoms with Gasteiger partial charge in [0.25, 0.3) is 0 Å². The number of ketones is 1. The van der Waals surface area contributed by atoms with E-state index in [1.807, 2.05) is 27.7 Å². The van der Waals surface area contributed by atoms with Gasteiger partial charge in [0.15, 0.2) is 4.60 Å². The maximum atomic E-state index is 12.4. The van der Waals surface area contributed by atoms with Crippen LogP contribution in [0.2, 0.25) is 0 Å². The summed E-state index contributed by atoms with van der Waals surface area (Å²) in [7, 11) is 1.69. The first-order valence-electron chi connectivity index (χ1n) is 5.50. The Bertz CT molecular complexity index is 390. The van der Waals surface area contributed by atoms with E-state index >= 15 is 0 Å². The Balaban J connectivity index is 3.09. The van der Waals surface area contributed by atoms with Crippen molar-refractivity contribution >= 4 is 21.7 Å². The molecule has 0 N–H and O–H groups in total. The van der Waals surface area contributed by atoms with Gasteiger partial charge in [-0.25, -0.2) is 4.68 Å². The highest BCUT2D eigenvalue weighted by atomic mass is 79.9. The van der Waals surface area contributed by atoms with E-state index in [2.05, 4.69) is 26.2 Å². The molecule has 0 bridgehead atoms. The number of nitrogens with zero attached hydrogens (tertiary/aromatic N) is 3. The van der Waals surface area contributed by atoms with Crippen LogP contribution in [-0.2, 0) is 11.8 Å². The number of hydrogen-bond acceptors (Lipinski definition) is 4. The zero-order valence-electron chi connectivity index (χ0n) is 10.8. The summed E-state index contributed by atoms with van der Waals surface area (Å²) in [5, 5.41) is 7.62. The molecule has 0 fully saturated rings. The van der Waals surface area contributed by atoms with Crippen LogP contribution in [-0.4, -0.2) is 33.5 Å². The topological polar surface area (TPSA) is 57.0 Å². The van der Waals surface area contributed by atoms with Gasteiger partial charge in [0.2, 0.25) is 5.78 Å². The van der Waals surface area contributed by atoms with Gasteiger partial charge >= 0.3 is 0 Å². The Hall–Kier alpha value is -0.750. The minimum Gasteiger partial charge on any atom is -0.370 e. The smallest absolute Gasteiger partial charge is 0.212 e. The van der Waals surface area contributed by atoms with Crippen molar-refractivity contribution in [1.82, 2.24) is 15.0 Å². The van der Waals surface area contributed by atoms with Gasteiger partial charge in [-0.1, -0.05) is 26.0 Å². The highest BCUT2D eigenvalue weighted by Crippen LogP contribution is 2.27. The number of rotatable bonds is 4. The summed E-state index contributed by atoms with van der Waals surface area (Å²) in [6, 6.07) is 0. The Labute approximate surface area is 110 Å². The molecular formula is C11H18BrN3O2. The molecule has 1 rings (SSSR count). The molecule has 0 radical (unpaired) electrons. The number of aryl methyl sites for hydroxylation is 1. The third-order valence-electron chi connectivity index (χ3n) is 2.38. The minimum absolute atomic E-state index is 0.0984. The van der Waals surface area contributed by atoms with Gasteiger partial charge in [-0.15, -0.1) is 5.10 Å². The van der Waals surface area contributed by atoms with Crippen LogP contribution >= 0.6 is 15.9 Å². The number of hydrogen-bond donors (Lipinski definition) is 0. The van der Waals surface area contributed by atoms with E-state index in [0.29, 0.717) is 16.9 Å². The molecule has 1 aromatic rings. The lowest BCUT2D eigenvalue weighted by Gasteiger charge is -2.28. The van der Waals surface area contributed by atoms with E-state index < -0.39 is 6.10 Å². The van der Waals surface area contributed by atoms with Crippen LogP contribution in [0.3, 0.4) is 0 Å². The van der Waals surface area contributed by atoms with Gasteiger partial charge in [-0.05, 0) is 28.3 Å². The molecule has 0 spiro atoms. The molecule has 0 saturated heterocycles. The van der Waals surface area contributed by atoms with Crippen LogP contribution in [0, 0.1) is 5.41 Å². The first-order valence-corrected chi connectivity index (χ1v) is 6.29. The molecule has 0 aliphatic heterocycles. The molecule has 6 heteroatoms. The predicted molar refractivity (Wildman–Crippen MR) is 67.9 cm³/mol. The van der Waals surface area contributed by atoms with Crippen molar-refractivity contribution in [2.24, 2.45) is 12.5 Å². The largest absolute Gasteiger partial charge is 0.370 e. The van der Waals surface area contributed by atoms with Gasteiger partial charge < -0.3 is 4.74 Å². The normalized spacial score (nSPS) is 13.8. The number of Topliss-reactive ketones (excluding diaryl/α,β-unsaturated/α-hetero) is 1. The summed E-state index contributed by atoms with van der Waals surface area (Å²) in [6.07, 6.45) is -0.499. The van der Waals surface area contributed by atoms with Crippen molar-refractivity contribution in [3.63, 3.8) is 0 Å². The fourth-order valence-corrected chi connectivity index (χ4v) is 2.13. The molecule has 0 aromatic carbocycles. The molecule has 0 amide bonds. The number of aromatic nitrogens is 3. The predicted octanol–water partition coefficient (Wildman–Crippen LogP) is 2.21. The molecule has 5 nitrogen and oxygen atoms in total. The van der Waals surface area contributed by atoms with E-state index in [1.165, 1.54) is 4.68 Å². The van der Waals surface area contributed by atoms with Crippen LogP contribution in [0.15, 0.2) is 4.60 Å². The molecule has 1 atom stereocenters. The third kappa shape index (κ3) is 3.13. The Morgan fingerprint density at radius 2 is 2.12 bits per heavy atom. The molecule has 1 unspecified atom stereocenters. The summed E-state index contributed by atoms with van der Waals surface area (Å²) >= 11 is 3.23. The maximum absolute atomic E-state index is 12.4. The van der Waals surface area contributed by atoms with Gasteiger partial charge in [-0.3, -0.25) is 4.79 Å². The van der Waals surface area contributed by atoms with Crippen LogP contribution in [0.25, 0.3) is 0 Å². The van der Waals surface area contributed by atoms with E-state index in [4.69, 9.17) is 4.74 Å². The van der Waals surface area contributed by atoms with Crippen molar-refractivity contribution in [2.45, 2.75) is 33.8 Å². The van der Waals surface area contributed by atoms with Crippen molar-refractivity contribution < 1.29 is 9.53 Å². The fraction of sp³-hybridized carbons (Fsp3) is 0.727. The third-order valence-corrected chi connectivity index (χ3v) is 2.91. The van der Waals surface area contributed by atoms with E-state index in [1.54, 1.807) is 7.05 Å². The highest BCUT2D eigenvalue weighted by molar-refractivity contribution is 9.10. The molecule has 1 aromatic heterocycles. The summed E-state index contributed by atoms with van der Waals surface area (Å²) in [4.78, 5) is 12.4. The Morgan fingerprint density at radius 3 is 2.47 bits per heavy atom. The molecule has 0 aliphatic rings. The lowest BCUT2D eigenvalue weighted by molar-refractivity contribution is -0.000914. The standard InChI is InChI=1S/C11H18BrN3O2/c1-6-17-9(11(2,3)4)8(16)7-10(12)13-14-15(7)5/h9H,6H2,1-5H3. The number of halogens is 1. The first-order chi connectivity index (χ1) is 7.79. The summed E-state index contributed by atoms with van der Waals surface area (Å²) in [6.45, 7) is 8.30. The zero-order valence-corrected chi connectivity index (χ0v) is 12.4. The van der Waals surface area contributed by atoms with Crippen molar-refractivity contribution in [3.8, 4) is 0 Å². The molecule has 1 heterocycles. The quantitative estimate of drug-likeness (QED) is 0.800. The Morgan fingerprint density at radius 1 is 1.53 bits per heavy atom. The molecule has 96 valence electrons. The monoisotopic (exact) mass is 303 g/mol. The van der Waals surface area contributed by atoms with Crippen LogP contribution < -0.4 is 0 Å². The lowest BCUT2D eigenvalue weighted by Crippen LogP contribution is -2.38.